The quantitative estimate of drug-likeness (QED) is 0.738. The Morgan fingerprint density at radius 2 is 2.18 bits per heavy atom. The summed E-state index contributed by atoms with van der Waals surface area (Å²) in [6.45, 7) is 4.63. The van der Waals surface area contributed by atoms with Crippen molar-refractivity contribution in [1.82, 2.24) is 5.32 Å². The van der Waals surface area contributed by atoms with Crippen LogP contribution in [0.4, 0.5) is 10.1 Å². The molecular formula is C13H21FN2O. The van der Waals surface area contributed by atoms with Crippen molar-refractivity contribution in [2.75, 3.05) is 38.8 Å². The van der Waals surface area contributed by atoms with Crippen LogP contribution in [0.15, 0.2) is 18.2 Å². The first-order chi connectivity index (χ1) is 8.19. The number of rotatable bonds is 7. The molecule has 0 amide bonds. The third-order valence-corrected chi connectivity index (χ3v) is 2.58. The van der Waals surface area contributed by atoms with Gasteiger partial charge in [0.1, 0.15) is 5.82 Å². The molecule has 0 bridgehead atoms. The van der Waals surface area contributed by atoms with Gasteiger partial charge in [0.25, 0.3) is 0 Å². The largest absolute Gasteiger partial charge is 0.380 e. The van der Waals surface area contributed by atoms with Gasteiger partial charge in [-0.3, -0.25) is 0 Å². The molecule has 0 saturated carbocycles. The molecule has 0 atom stereocenters. The molecule has 0 spiro atoms. The average molecular weight is 240 g/mol. The molecule has 0 aliphatic rings. The Labute approximate surface area is 103 Å². The van der Waals surface area contributed by atoms with Gasteiger partial charge in [0, 0.05) is 26.7 Å². The molecular weight excluding hydrogens is 219 g/mol. The normalized spacial score (nSPS) is 10.6. The van der Waals surface area contributed by atoms with Gasteiger partial charge in [-0.05, 0) is 31.7 Å². The minimum absolute atomic E-state index is 0.184. The Balaban J connectivity index is 2.63. The maximum atomic E-state index is 13.8. The van der Waals surface area contributed by atoms with Crippen LogP contribution in [0.25, 0.3) is 0 Å². The molecule has 4 heteroatoms. The van der Waals surface area contributed by atoms with Gasteiger partial charge in [-0.2, -0.15) is 0 Å². The zero-order chi connectivity index (χ0) is 12.7. The summed E-state index contributed by atoms with van der Waals surface area (Å²) in [6, 6.07) is 5.32. The lowest BCUT2D eigenvalue weighted by Crippen LogP contribution is -2.23. The fourth-order valence-electron chi connectivity index (χ4n) is 1.64. The van der Waals surface area contributed by atoms with Crippen LogP contribution >= 0.6 is 0 Å². The number of benzene rings is 1. The summed E-state index contributed by atoms with van der Waals surface area (Å²) < 4.78 is 19.1. The van der Waals surface area contributed by atoms with Crippen LogP contribution in [-0.4, -0.2) is 33.9 Å². The minimum atomic E-state index is -0.184. The first-order valence-corrected chi connectivity index (χ1v) is 5.91. The molecule has 0 saturated heterocycles. The third-order valence-electron chi connectivity index (χ3n) is 2.58. The Bertz CT molecular complexity index is 344. The van der Waals surface area contributed by atoms with Crippen LogP contribution in [0, 0.1) is 5.82 Å². The predicted molar refractivity (Wildman–Crippen MR) is 68.9 cm³/mol. The maximum Gasteiger partial charge on any atom is 0.146 e. The Morgan fingerprint density at radius 1 is 1.41 bits per heavy atom. The lowest BCUT2D eigenvalue weighted by molar-refractivity contribution is 0.154. The number of likely N-dealkylation sites (N-methyl/N-ethyl adjacent to an activating group) is 1. The van der Waals surface area contributed by atoms with E-state index in [1.54, 1.807) is 6.07 Å². The number of halogens is 1. The van der Waals surface area contributed by atoms with Crippen LogP contribution in [0.3, 0.4) is 0 Å². The molecule has 1 aromatic carbocycles. The monoisotopic (exact) mass is 240 g/mol. The van der Waals surface area contributed by atoms with Gasteiger partial charge in [0.2, 0.25) is 0 Å². The second kappa shape index (κ2) is 7.25. The number of ether oxygens (including phenoxy) is 1. The summed E-state index contributed by atoms with van der Waals surface area (Å²) in [5, 5.41) is 3.00. The summed E-state index contributed by atoms with van der Waals surface area (Å²) in [7, 11) is 3.72. The van der Waals surface area contributed by atoms with E-state index in [1.165, 1.54) is 0 Å². The van der Waals surface area contributed by atoms with Crippen molar-refractivity contribution >= 4 is 5.69 Å². The third kappa shape index (κ3) is 4.32. The van der Waals surface area contributed by atoms with Crippen LogP contribution in [0.5, 0.6) is 0 Å². The van der Waals surface area contributed by atoms with Gasteiger partial charge in [-0.25, -0.2) is 4.39 Å². The number of hydrogen-bond acceptors (Lipinski definition) is 3. The SMILES string of the molecule is CCOCCN(C)c1ccc(CNC)cc1F. The standard InChI is InChI=1S/C13H21FN2O/c1-4-17-8-7-16(3)13-6-5-11(10-15-2)9-12(13)14/h5-6,9,15H,4,7-8,10H2,1-3H3. The van der Waals surface area contributed by atoms with Crippen LogP contribution in [-0.2, 0) is 11.3 Å². The van der Waals surface area contributed by atoms with E-state index in [0.29, 0.717) is 32.0 Å². The molecule has 1 aromatic rings. The first-order valence-electron chi connectivity index (χ1n) is 5.91. The maximum absolute atomic E-state index is 13.8. The van der Waals surface area contributed by atoms with Gasteiger partial charge in [-0.1, -0.05) is 6.07 Å². The van der Waals surface area contributed by atoms with Crippen molar-refractivity contribution in [2.24, 2.45) is 0 Å². The molecule has 96 valence electrons. The summed E-state index contributed by atoms with van der Waals surface area (Å²) in [4.78, 5) is 1.87. The van der Waals surface area contributed by atoms with E-state index in [-0.39, 0.29) is 5.82 Å². The van der Waals surface area contributed by atoms with Crippen molar-refractivity contribution in [3.05, 3.63) is 29.6 Å². The lowest BCUT2D eigenvalue weighted by Gasteiger charge is -2.20. The first kappa shape index (κ1) is 13.9. The van der Waals surface area contributed by atoms with E-state index >= 15 is 0 Å². The Kier molecular flexibility index (Phi) is 5.94. The highest BCUT2D eigenvalue weighted by Gasteiger charge is 2.07. The lowest BCUT2D eigenvalue weighted by atomic mass is 10.2. The summed E-state index contributed by atoms with van der Waals surface area (Å²) in [5.74, 6) is -0.184. The zero-order valence-electron chi connectivity index (χ0n) is 10.8. The minimum Gasteiger partial charge on any atom is -0.380 e. The summed E-state index contributed by atoms with van der Waals surface area (Å²) in [6.07, 6.45) is 0. The number of nitrogens with one attached hydrogen (secondary N) is 1. The molecule has 1 rings (SSSR count). The number of hydrogen-bond donors (Lipinski definition) is 1. The molecule has 0 unspecified atom stereocenters. The highest BCUT2D eigenvalue weighted by Crippen LogP contribution is 2.19. The van der Waals surface area contributed by atoms with Crippen molar-refractivity contribution in [3.8, 4) is 0 Å². The molecule has 3 nitrogen and oxygen atoms in total. The molecule has 0 fully saturated rings. The molecule has 0 radical (unpaired) electrons. The Hall–Kier alpha value is -1.13. The fraction of sp³-hybridized carbons (Fsp3) is 0.538. The van der Waals surface area contributed by atoms with E-state index in [2.05, 4.69) is 5.32 Å². The number of nitrogens with zero attached hydrogens (tertiary/aromatic N) is 1. The van der Waals surface area contributed by atoms with Crippen molar-refractivity contribution in [3.63, 3.8) is 0 Å². The van der Waals surface area contributed by atoms with E-state index in [0.717, 1.165) is 5.56 Å². The Morgan fingerprint density at radius 3 is 2.76 bits per heavy atom. The highest BCUT2D eigenvalue weighted by molar-refractivity contribution is 5.48. The van der Waals surface area contributed by atoms with Crippen molar-refractivity contribution in [1.29, 1.82) is 0 Å². The second-order valence-corrected chi connectivity index (χ2v) is 3.93. The van der Waals surface area contributed by atoms with Crippen molar-refractivity contribution in [2.45, 2.75) is 13.5 Å². The fourth-order valence-corrected chi connectivity index (χ4v) is 1.64. The zero-order valence-corrected chi connectivity index (χ0v) is 10.8. The summed E-state index contributed by atoms with van der Waals surface area (Å²) >= 11 is 0. The molecule has 0 aromatic heterocycles. The van der Waals surface area contributed by atoms with Gasteiger partial charge in [0.15, 0.2) is 0 Å². The van der Waals surface area contributed by atoms with E-state index in [9.17, 15) is 4.39 Å². The van der Waals surface area contributed by atoms with Crippen molar-refractivity contribution < 1.29 is 9.13 Å². The van der Waals surface area contributed by atoms with Crippen LogP contribution in [0.1, 0.15) is 12.5 Å². The van der Waals surface area contributed by atoms with Gasteiger partial charge < -0.3 is 15.0 Å². The van der Waals surface area contributed by atoms with Gasteiger partial charge in [0.05, 0.1) is 12.3 Å². The van der Waals surface area contributed by atoms with E-state index in [1.807, 2.05) is 38.1 Å². The molecule has 1 N–H and O–H groups in total. The highest BCUT2D eigenvalue weighted by atomic mass is 19.1. The van der Waals surface area contributed by atoms with Gasteiger partial charge in [-0.15, -0.1) is 0 Å². The van der Waals surface area contributed by atoms with Gasteiger partial charge >= 0.3 is 0 Å². The average Bonchev–Trinajstić information content (AvgIpc) is 2.29. The molecule has 0 heterocycles. The second-order valence-electron chi connectivity index (χ2n) is 3.93. The smallest absolute Gasteiger partial charge is 0.146 e. The summed E-state index contributed by atoms with van der Waals surface area (Å²) in [5.41, 5.74) is 1.57. The number of anilines is 1. The topological polar surface area (TPSA) is 24.5 Å². The van der Waals surface area contributed by atoms with Crippen LogP contribution in [0.2, 0.25) is 0 Å². The molecule has 0 aliphatic carbocycles. The van der Waals surface area contributed by atoms with Crippen LogP contribution < -0.4 is 10.2 Å². The van der Waals surface area contributed by atoms with E-state index in [4.69, 9.17) is 4.74 Å². The molecule has 0 aliphatic heterocycles. The predicted octanol–water partition coefficient (Wildman–Crippen LogP) is 2.02. The molecule has 17 heavy (non-hydrogen) atoms. The van der Waals surface area contributed by atoms with E-state index < -0.39 is 0 Å².